The van der Waals surface area contributed by atoms with E-state index in [1.807, 2.05) is 12.1 Å². The summed E-state index contributed by atoms with van der Waals surface area (Å²) in [7, 11) is 1.64. The fourth-order valence-electron chi connectivity index (χ4n) is 3.86. The van der Waals surface area contributed by atoms with Crippen molar-refractivity contribution in [1.82, 2.24) is 0 Å². The fraction of sp³-hybridized carbons (Fsp3) is 0.381. The normalized spacial score (nSPS) is 22.9. The van der Waals surface area contributed by atoms with Crippen molar-refractivity contribution in [3.8, 4) is 23.0 Å². The topological polar surface area (TPSA) is 54.0 Å². The van der Waals surface area contributed by atoms with E-state index in [9.17, 15) is 4.79 Å². The number of esters is 1. The Balaban J connectivity index is 1.67. The number of methoxy groups -OCH3 is 1. The minimum Gasteiger partial charge on any atom is -0.495 e. The van der Waals surface area contributed by atoms with Crippen molar-refractivity contribution in [3.05, 3.63) is 45.9 Å². The first-order valence-corrected chi connectivity index (χ1v) is 9.75. The van der Waals surface area contributed by atoms with E-state index in [-0.39, 0.29) is 11.9 Å². The summed E-state index contributed by atoms with van der Waals surface area (Å²) in [5, 5.41) is 0. The predicted molar refractivity (Wildman–Crippen MR) is 104 cm³/mol. The SMILES string of the molecule is COc1cc2c(cc1Br)C(C)CC1(CCc3ccc(OC(C)=O)cc3O1)O2. The van der Waals surface area contributed by atoms with E-state index in [1.165, 1.54) is 6.92 Å². The molecule has 1 spiro atoms. The molecule has 0 saturated carbocycles. The lowest BCUT2D eigenvalue weighted by atomic mass is 9.85. The Hall–Kier alpha value is -2.21. The molecule has 2 unspecified atom stereocenters. The summed E-state index contributed by atoms with van der Waals surface area (Å²) in [5.41, 5.74) is 2.23. The highest BCUT2D eigenvalue weighted by atomic mass is 79.9. The van der Waals surface area contributed by atoms with Crippen LogP contribution in [0.1, 0.15) is 43.7 Å². The average molecular weight is 433 g/mol. The van der Waals surface area contributed by atoms with Crippen LogP contribution in [0.5, 0.6) is 23.0 Å². The van der Waals surface area contributed by atoms with Crippen LogP contribution in [-0.2, 0) is 11.2 Å². The number of fused-ring (bicyclic) bond motifs is 2. The van der Waals surface area contributed by atoms with Gasteiger partial charge < -0.3 is 18.9 Å². The Morgan fingerprint density at radius 1 is 1.22 bits per heavy atom. The van der Waals surface area contributed by atoms with Gasteiger partial charge in [0.15, 0.2) is 0 Å². The van der Waals surface area contributed by atoms with Crippen LogP contribution in [0.3, 0.4) is 0 Å². The van der Waals surface area contributed by atoms with Crippen LogP contribution in [0.25, 0.3) is 0 Å². The van der Waals surface area contributed by atoms with Crippen molar-refractivity contribution in [2.45, 2.75) is 44.8 Å². The minimum absolute atomic E-state index is 0.272. The monoisotopic (exact) mass is 432 g/mol. The molecule has 0 amide bonds. The van der Waals surface area contributed by atoms with E-state index < -0.39 is 5.79 Å². The molecule has 0 aromatic heterocycles. The number of hydrogen-bond donors (Lipinski definition) is 0. The second-order valence-electron chi connectivity index (χ2n) is 7.11. The van der Waals surface area contributed by atoms with Crippen LogP contribution in [0, 0.1) is 0 Å². The Morgan fingerprint density at radius 3 is 2.74 bits per heavy atom. The number of benzene rings is 2. The molecule has 2 aliphatic rings. The maximum absolute atomic E-state index is 11.2. The highest BCUT2D eigenvalue weighted by molar-refractivity contribution is 9.10. The summed E-state index contributed by atoms with van der Waals surface area (Å²) in [4.78, 5) is 11.2. The highest BCUT2D eigenvalue weighted by Crippen LogP contribution is 2.49. The van der Waals surface area contributed by atoms with Crippen molar-refractivity contribution in [3.63, 3.8) is 0 Å². The van der Waals surface area contributed by atoms with Gasteiger partial charge >= 0.3 is 5.97 Å². The number of rotatable bonds is 2. The van der Waals surface area contributed by atoms with E-state index in [0.717, 1.165) is 46.4 Å². The van der Waals surface area contributed by atoms with Gasteiger partial charge in [-0.2, -0.15) is 0 Å². The van der Waals surface area contributed by atoms with Gasteiger partial charge in [0.2, 0.25) is 0 Å². The molecule has 0 aliphatic carbocycles. The molecule has 0 fully saturated rings. The fourth-order valence-corrected chi connectivity index (χ4v) is 4.38. The maximum Gasteiger partial charge on any atom is 0.308 e. The zero-order chi connectivity index (χ0) is 19.2. The molecule has 6 heteroatoms. The zero-order valence-electron chi connectivity index (χ0n) is 15.5. The molecule has 4 rings (SSSR count). The summed E-state index contributed by atoms with van der Waals surface area (Å²) >= 11 is 3.55. The summed E-state index contributed by atoms with van der Waals surface area (Å²) < 4.78 is 24.2. The molecule has 0 N–H and O–H groups in total. The van der Waals surface area contributed by atoms with Crippen molar-refractivity contribution in [2.75, 3.05) is 7.11 Å². The van der Waals surface area contributed by atoms with Crippen LogP contribution in [0.4, 0.5) is 0 Å². The van der Waals surface area contributed by atoms with Crippen LogP contribution in [-0.4, -0.2) is 18.9 Å². The van der Waals surface area contributed by atoms with Crippen LogP contribution >= 0.6 is 15.9 Å². The van der Waals surface area contributed by atoms with E-state index >= 15 is 0 Å². The Kier molecular flexibility index (Phi) is 4.54. The van der Waals surface area contributed by atoms with Crippen LogP contribution in [0.15, 0.2) is 34.8 Å². The summed E-state index contributed by atoms with van der Waals surface area (Å²) in [5.74, 6) is 1.89. The van der Waals surface area contributed by atoms with E-state index in [0.29, 0.717) is 11.5 Å². The number of hydrogen-bond acceptors (Lipinski definition) is 5. The van der Waals surface area contributed by atoms with Crippen LogP contribution in [0.2, 0.25) is 0 Å². The van der Waals surface area contributed by atoms with Crippen molar-refractivity contribution < 1.29 is 23.7 Å². The Morgan fingerprint density at radius 2 is 2.00 bits per heavy atom. The van der Waals surface area contributed by atoms with Gasteiger partial charge in [-0.05, 0) is 51.5 Å². The minimum atomic E-state index is -0.729. The van der Waals surface area contributed by atoms with Crippen molar-refractivity contribution >= 4 is 21.9 Å². The van der Waals surface area contributed by atoms with E-state index in [2.05, 4.69) is 28.9 Å². The molecule has 27 heavy (non-hydrogen) atoms. The van der Waals surface area contributed by atoms with Gasteiger partial charge in [-0.25, -0.2) is 0 Å². The molecular weight excluding hydrogens is 412 g/mol. The van der Waals surface area contributed by atoms with Gasteiger partial charge in [-0.15, -0.1) is 0 Å². The molecule has 0 radical (unpaired) electrons. The molecule has 0 bridgehead atoms. The Labute approximate surface area is 166 Å². The van der Waals surface area contributed by atoms with E-state index in [1.54, 1.807) is 19.2 Å². The first kappa shape index (κ1) is 18.2. The molecule has 142 valence electrons. The quantitative estimate of drug-likeness (QED) is 0.494. The molecule has 0 saturated heterocycles. The maximum atomic E-state index is 11.2. The average Bonchev–Trinajstić information content (AvgIpc) is 2.61. The second kappa shape index (κ2) is 6.75. The van der Waals surface area contributed by atoms with Gasteiger partial charge in [0.25, 0.3) is 5.79 Å². The smallest absolute Gasteiger partial charge is 0.308 e. The predicted octanol–water partition coefficient (Wildman–Crippen LogP) is 4.99. The summed E-state index contributed by atoms with van der Waals surface area (Å²) in [6, 6.07) is 9.47. The third kappa shape index (κ3) is 3.38. The van der Waals surface area contributed by atoms with Gasteiger partial charge in [-0.3, -0.25) is 4.79 Å². The van der Waals surface area contributed by atoms with Gasteiger partial charge in [-0.1, -0.05) is 13.0 Å². The lowest BCUT2D eigenvalue weighted by Gasteiger charge is -2.44. The van der Waals surface area contributed by atoms with Gasteiger partial charge in [0.1, 0.15) is 23.0 Å². The van der Waals surface area contributed by atoms with Crippen molar-refractivity contribution in [1.29, 1.82) is 0 Å². The molecule has 2 aromatic rings. The first-order valence-electron chi connectivity index (χ1n) is 8.96. The molecule has 2 heterocycles. The number of ether oxygens (including phenoxy) is 4. The number of carbonyl (C=O) groups excluding carboxylic acids is 1. The van der Waals surface area contributed by atoms with Gasteiger partial charge in [0, 0.05) is 31.9 Å². The first-order chi connectivity index (χ1) is 12.9. The number of aryl methyl sites for hydroxylation is 1. The summed E-state index contributed by atoms with van der Waals surface area (Å²) in [6.45, 7) is 3.56. The zero-order valence-corrected chi connectivity index (χ0v) is 17.1. The molecule has 5 nitrogen and oxygen atoms in total. The molecule has 2 aliphatic heterocycles. The van der Waals surface area contributed by atoms with E-state index in [4.69, 9.17) is 18.9 Å². The third-order valence-corrected chi connectivity index (χ3v) is 5.72. The standard InChI is InChI=1S/C21H21BrO5/c1-12-11-21(27-19-10-20(24-3)17(22)9-16(12)19)7-6-14-4-5-15(25-13(2)23)8-18(14)26-21/h4-5,8-10,12H,6-7,11H2,1-3H3. The molecule has 2 aromatic carbocycles. The number of halogens is 1. The third-order valence-electron chi connectivity index (χ3n) is 5.10. The largest absolute Gasteiger partial charge is 0.495 e. The van der Waals surface area contributed by atoms with Crippen molar-refractivity contribution in [2.24, 2.45) is 0 Å². The molecule has 2 atom stereocenters. The van der Waals surface area contributed by atoms with Crippen LogP contribution < -0.4 is 18.9 Å². The second-order valence-corrected chi connectivity index (χ2v) is 7.96. The molecular formula is C21H21BrO5. The summed E-state index contributed by atoms with van der Waals surface area (Å²) in [6.07, 6.45) is 2.34. The lowest BCUT2D eigenvalue weighted by molar-refractivity contribution is -0.144. The highest BCUT2D eigenvalue weighted by Gasteiger charge is 2.44. The van der Waals surface area contributed by atoms with Gasteiger partial charge in [0.05, 0.1) is 11.6 Å². The lowest BCUT2D eigenvalue weighted by Crippen LogP contribution is -2.48. The Bertz CT molecular complexity index is 910. The number of carbonyl (C=O) groups is 1.